The molecule has 7 heteroatoms. The fourth-order valence-corrected chi connectivity index (χ4v) is 2.49. The Labute approximate surface area is 126 Å². The van der Waals surface area contributed by atoms with E-state index in [0.29, 0.717) is 11.9 Å². The van der Waals surface area contributed by atoms with Crippen LogP contribution in [0.1, 0.15) is 11.4 Å². The van der Waals surface area contributed by atoms with Crippen molar-refractivity contribution in [1.29, 1.82) is 0 Å². The summed E-state index contributed by atoms with van der Waals surface area (Å²) in [7, 11) is 0. The molecule has 0 fully saturated rings. The second-order valence-corrected chi connectivity index (χ2v) is 5.08. The first-order valence-electron chi connectivity index (χ1n) is 6.90. The molecule has 4 aromatic rings. The first-order chi connectivity index (χ1) is 10.7. The van der Waals surface area contributed by atoms with E-state index in [2.05, 4.69) is 25.5 Å². The molecule has 22 heavy (non-hydrogen) atoms. The number of aryl methyl sites for hydroxylation is 2. The monoisotopic (exact) mass is 291 g/mol. The van der Waals surface area contributed by atoms with Gasteiger partial charge in [0.05, 0.1) is 11.2 Å². The highest BCUT2D eigenvalue weighted by Crippen LogP contribution is 2.17. The molecule has 0 saturated heterocycles. The first kappa shape index (κ1) is 12.6. The topological polar surface area (TPSA) is 74.3 Å². The van der Waals surface area contributed by atoms with Crippen LogP contribution >= 0.6 is 0 Å². The predicted octanol–water partition coefficient (Wildman–Crippen LogP) is 2.01. The van der Waals surface area contributed by atoms with Gasteiger partial charge in [-0.15, -0.1) is 20.4 Å². The van der Waals surface area contributed by atoms with Crippen LogP contribution in [0.4, 0.5) is 0 Å². The number of benzene rings is 1. The lowest BCUT2D eigenvalue weighted by Crippen LogP contribution is -2.11. The lowest BCUT2D eigenvalue weighted by atomic mass is 10.2. The molecule has 1 aromatic carbocycles. The van der Waals surface area contributed by atoms with Gasteiger partial charge in [-0.05, 0) is 32.0 Å². The standard InChI is InChI=1S/C15H13N7/c1-10-9-11(2)22(20-10)15-18-16-14(17-19-15)21-8-7-12-5-3-4-6-13(12)21/h3-9H,1-2H3. The summed E-state index contributed by atoms with van der Waals surface area (Å²) in [5.41, 5.74) is 2.87. The summed E-state index contributed by atoms with van der Waals surface area (Å²) in [6.07, 6.45) is 1.91. The van der Waals surface area contributed by atoms with Crippen LogP contribution in [0.15, 0.2) is 42.6 Å². The third-order valence-electron chi connectivity index (χ3n) is 3.47. The molecule has 7 nitrogen and oxygen atoms in total. The van der Waals surface area contributed by atoms with E-state index in [1.54, 1.807) is 4.68 Å². The Kier molecular flexibility index (Phi) is 2.72. The van der Waals surface area contributed by atoms with E-state index in [-0.39, 0.29) is 0 Å². The largest absolute Gasteiger partial charge is 0.289 e. The zero-order valence-electron chi connectivity index (χ0n) is 12.2. The van der Waals surface area contributed by atoms with Crippen molar-refractivity contribution in [2.45, 2.75) is 13.8 Å². The maximum atomic E-state index is 4.33. The summed E-state index contributed by atoms with van der Waals surface area (Å²) in [5, 5.41) is 22.1. The highest BCUT2D eigenvalue weighted by atomic mass is 15.5. The number of fused-ring (bicyclic) bond motifs is 1. The highest BCUT2D eigenvalue weighted by molar-refractivity contribution is 5.81. The van der Waals surface area contributed by atoms with Crippen LogP contribution in [0.3, 0.4) is 0 Å². The molecule has 4 rings (SSSR count). The summed E-state index contributed by atoms with van der Waals surface area (Å²) < 4.78 is 3.49. The summed E-state index contributed by atoms with van der Waals surface area (Å²) in [6, 6.07) is 12.0. The van der Waals surface area contributed by atoms with Crippen molar-refractivity contribution in [2.75, 3.05) is 0 Å². The molecule has 0 atom stereocenters. The van der Waals surface area contributed by atoms with Crippen molar-refractivity contribution < 1.29 is 0 Å². The van der Waals surface area contributed by atoms with Gasteiger partial charge in [0, 0.05) is 17.3 Å². The van der Waals surface area contributed by atoms with Crippen LogP contribution in [-0.2, 0) is 0 Å². The number of aromatic nitrogens is 7. The molecule has 0 N–H and O–H groups in total. The molecule has 0 aliphatic carbocycles. The maximum Gasteiger partial charge on any atom is 0.289 e. The molecule has 0 saturated carbocycles. The summed E-state index contributed by atoms with van der Waals surface area (Å²) in [5.74, 6) is 0.803. The van der Waals surface area contributed by atoms with E-state index in [4.69, 9.17) is 0 Å². The molecule has 0 radical (unpaired) electrons. The maximum absolute atomic E-state index is 4.33. The zero-order chi connectivity index (χ0) is 15.1. The Bertz CT molecular complexity index is 950. The number of rotatable bonds is 2. The van der Waals surface area contributed by atoms with Crippen molar-refractivity contribution in [1.82, 2.24) is 34.7 Å². The average molecular weight is 291 g/mol. The summed E-state index contributed by atoms with van der Waals surface area (Å²) in [6.45, 7) is 3.86. The fourth-order valence-electron chi connectivity index (χ4n) is 2.49. The molecule has 0 spiro atoms. The van der Waals surface area contributed by atoms with Crippen LogP contribution < -0.4 is 0 Å². The van der Waals surface area contributed by atoms with Gasteiger partial charge in [0.25, 0.3) is 11.9 Å². The minimum Gasteiger partial charge on any atom is -0.283 e. The van der Waals surface area contributed by atoms with E-state index >= 15 is 0 Å². The molecule has 3 aromatic heterocycles. The van der Waals surface area contributed by atoms with Crippen molar-refractivity contribution in [3.63, 3.8) is 0 Å². The van der Waals surface area contributed by atoms with Crippen LogP contribution in [-0.4, -0.2) is 34.7 Å². The van der Waals surface area contributed by atoms with Crippen LogP contribution in [0, 0.1) is 13.8 Å². The highest BCUT2D eigenvalue weighted by Gasteiger charge is 2.10. The van der Waals surface area contributed by atoms with Crippen molar-refractivity contribution in [2.24, 2.45) is 0 Å². The second kappa shape index (κ2) is 4.73. The average Bonchev–Trinajstić information content (AvgIpc) is 3.10. The van der Waals surface area contributed by atoms with Gasteiger partial charge in [-0.1, -0.05) is 18.2 Å². The minimum absolute atomic E-state index is 0.366. The zero-order valence-corrected chi connectivity index (χ0v) is 12.2. The lowest BCUT2D eigenvalue weighted by Gasteiger charge is -2.03. The lowest BCUT2D eigenvalue weighted by molar-refractivity contribution is 0.692. The van der Waals surface area contributed by atoms with Crippen molar-refractivity contribution >= 4 is 10.9 Å². The van der Waals surface area contributed by atoms with Gasteiger partial charge >= 0.3 is 0 Å². The molecule has 0 unspecified atom stereocenters. The van der Waals surface area contributed by atoms with Gasteiger partial charge < -0.3 is 0 Å². The number of hydrogen-bond donors (Lipinski definition) is 0. The predicted molar refractivity (Wildman–Crippen MR) is 81.1 cm³/mol. The Morgan fingerprint density at radius 3 is 2.32 bits per heavy atom. The Balaban J connectivity index is 1.77. The summed E-state index contributed by atoms with van der Waals surface area (Å²) in [4.78, 5) is 0. The molecule has 0 aliphatic rings. The molecular weight excluding hydrogens is 278 g/mol. The minimum atomic E-state index is 0.366. The van der Waals surface area contributed by atoms with E-state index in [0.717, 1.165) is 22.3 Å². The van der Waals surface area contributed by atoms with Gasteiger partial charge in [-0.25, -0.2) is 4.68 Å². The van der Waals surface area contributed by atoms with E-state index < -0.39 is 0 Å². The van der Waals surface area contributed by atoms with Gasteiger partial charge in [-0.2, -0.15) is 5.10 Å². The van der Waals surface area contributed by atoms with Gasteiger partial charge in [0.1, 0.15) is 0 Å². The van der Waals surface area contributed by atoms with E-state index in [9.17, 15) is 0 Å². The number of para-hydroxylation sites is 1. The molecule has 0 bridgehead atoms. The molecule has 3 heterocycles. The third-order valence-corrected chi connectivity index (χ3v) is 3.47. The molecule has 0 aliphatic heterocycles. The van der Waals surface area contributed by atoms with Crippen LogP contribution in [0.5, 0.6) is 0 Å². The number of hydrogen-bond acceptors (Lipinski definition) is 5. The van der Waals surface area contributed by atoms with Crippen LogP contribution in [0.25, 0.3) is 22.8 Å². The van der Waals surface area contributed by atoms with E-state index in [1.165, 1.54) is 0 Å². The first-order valence-corrected chi connectivity index (χ1v) is 6.90. The van der Waals surface area contributed by atoms with Crippen molar-refractivity contribution in [3.05, 3.63) is 54.0 Å². The van der Waals surface area contributed by atoms with Crippen LogP contribution in [0.2, 0.25) is 0 Å². The van der Waals surface area contributed by atoms with E-state index in [1.807, 2.05) is 61.0 Å². The third kappa shape index (κ3) is 1.95. The number of nitrogens with zero attached hydrogens (tertiary/aromatic N) is 7. The Morgan fingerprint density at radius 1 is 0.864 bits per heavy atom. The fraction of sp³-hybridized carbons (Fsp3) is 0.133. The van der Waals surface area contributed by atoms with Crippen molar-refractivity contribution in [3.8, 4) is 11.9 Å². The second-order valence-electron chi connectivity index (χ2n) is 5.08. The Morgan fingerprint density at radius 2 is 1.59 bits per heavy atom. The summed E-state index contributed by atoms with van der Waals surface area (Å²) >= 11 is 0. The smallest absolute Gasteiger partial charge is 0.283 e. The molecular formula is C15H13N7. The van der Waals surface area contributed by atoms with Gasteiger partial charge in [-0.3, -0.25) is 4.57 Å². The van der Waals surface area contributed by atoms with Gasteiger partial charge in [0.15, 0.2) is 0 Å². The molecule has 108 valence electrons. The SMILES string of the molecule is Cc1cc(C)n(-c2nnc(-n3ccc4ccccc43)nn2)n1. The molecule has 0 amide bonds. The Hall–Kier alpha value is -3.09. The van der Waals surface area contributed by atoms with Gasteiger partial charge in [0.2, 0.25) is 0 Å². The normalized spacial score (nSPS) is 11.2. The quantitative estimate of drug-likeness (QED) is 0.565.